The van der Waals surface area contributed by atoms with E-state index in [9.17, 15) is 5.11 Å². The van der Waals surface area contributed by atoms with E-state index in [4.69, 9.17) is 16.6 Å². The molecule has 0 saturated carbocycles. The van der Waals surface area contributed by atoms with Crippen molar-refractivity contribution in [3.8, 4) is 16.9 Å². The Morgan fingerprint density at radius 3 is 2.35 bits per heavy atom. The Kier molecular flexibility index (Phi) is 4.52. The summed E-state index contributed by atoms with van der Waals surface area (Å²) in [4.78, 5) is 4.98. The molecule has 1 atom stereocenters. The van der Waals surface area contributed by atoms with Crippen molar-refractivity contribution in [1.82, 2.24) is 0 Å². The summed E-state index contributed by atoms with van der Waals surface area (Å²) < 4.78 is 0. The third-order valence-electron chi connectivity index (χ3n) is 5.01. The number of aryl methyl sites for hydroxylation is 1. The number of hydrogen-bond acceptors (Lipinski definition) is 2. The Morgan fingerprint density at radius 2 is 1.62 bits per heavy atom. The van der Waals surface area contributed by atoms with Gasteiger partial charge in [0.25, 0.3) is 0 Å². The maximum atomic E-state index is 9.57. The van der Waals surface area contributed by atoms with Crippen molar-refractivity contribution in [3.05, 3.63) is 88.4 Å². The Labute approximate surface area is 158 Å². The summed E-state index contributed by atoms with van der Waals surface area (Å²) in [5, 5.41) is 9.94. The van der Waals surface area contributed by atoms with E-state index in [0.29, 0.717) is 5.02 Å². The zero-order chi connectivity index (χ0) is 18.1. The Morgan fingerprint density at radius 1 is 0.923 bits per heavy atom. The van der Waals surface area contributed by atoms with Crippen LogP contribution in [0.5, 0.6) is 5.75 Å². The van der Waals surface area contributed by atoms with E-state index in [0.717, 1.165) is 24.0 Å². The summed E-state index contributed by atoms with van der Waals surface area (Å²) in [5.41, 5.74) is 7.05. The SMILES string of the molecule is Cc1ccccc1C1CCC(c2ccc(-c3ccc(O)c(Cl)c3)cc2)=N1. The van der Waals surface area contributed by atoms with Crippen molar-refractivity contribution in [2.24, 2.45) is 4.99 Å². The fourth-order valence-corrected chi connectivity index (χ4v) is 3.72. The van der Waals surface area contributed by atoms with Gasteiger partial charge in [0.05, 0.1) is 11.1 Å². The molecule has 130 valence electrons. The van der Waals surface area contributed by atoms with Crippen LogP contribution >= 0.6 is 11.6 Å². The van der Waals surface area contributed by atoms with Crippen molar-refractivity contribution in [2.45, 2.75) is 25.8 Å². The van der Waals surface area contributed by atoms with E-state index in [-0.39, 0.29) is 11.8 Å². The highest BCUT2D eigenvalue weighted by atomic mass is 35.5. The van der Waals surface area contributed by atoms with Gasteiger partial charge in [-0.2, -0.15) is 0 Å². The third-order valence-corrected chi connectivity index (χ3v) is 5.32. The first-order chi connectivity index (χ1) is 12.6. The predicted octanol–water partition coefficient (Wildman–Crippen LogP) is 6.35. The first-order valence-electron chi connectivity index (χ1n) is 8.83. The number of phenols is 1. The molecule has 0 aromatic heterocycles. The Balaban J connectivity index is 1.58. The van der Waals surface area contributed by atoms with Gasteiger partial charge >= 0.3 is 0 Å². The molecule has 0 spiro atoms. The number of nitrogens with zero attached hydrogens (tertiary/aromatic N) is 1. The molecule has 1 heterocycles. The number of benzene rings is 3. The number of rotatable bonds is 3. The minimum absolute atomic E-state index is 0.106. The van der Waals surface area contributed by atoms with Gasteiger partial charge in [0.1, 0.15) is 5.75 Å². The van der Waals surface area contributed by atoms with Crippen molar-refractivity contribution in [2.75, 3.05) is 0 Å². The molecule has 0 radical (unpaired) electrons. The largest absolute Gasteiger partial charge is 0.506 e. The molecule has 0 fully saturated rings. The van der Waals surface area contributed by atoms with E-state index >= 15 is 0 Å². The highest BCUT2D eigenvalue weighted by Gasteiger charge is 2.21. The first kappa shape index (κ1) is 16.9. The highest BCUT2D eigenvalue weighted by molar-refractivity contribution is 6.32. The van der Waals surface area contributed by atoms with Crippen LogP contribution in [-0.4, -0.2) is 10.8 Å². The summed E-state index contributed by atoms with van der Waals surface area (Å²) in [6.45, 7) is 2.15. The molecule has 3 aromatic rings. The minimum Gasteiger partial charge on any atom is -0.506 e. The lowest BCUT2D eigenvalue weighted by molar-refractivity contribution is 0.475. The van der Waals surface area contributed by atoms with Gasteiger partial charge in [-0.15, -0.1) is 0 Å². The lowest BCUT2D eigenvalue weighted by Crippen LogP contribution is -1.95. The Hall–Kier alpha value is -2.58. The molecule has 0 bridgehead atoms. The van der Waals surface area contributed by atoms with E-state index in [1.807, 2.05) is 6.07 Å². The number of aromatic hydroxyl groups is 1. The van der Waals surface area contributed by atoms with Crippen molar-refractivity contribution < 1.29 is 5.11 Å². The van der Waals surface area contributed by atoms with Crippen LogP contribution in [0.25, 0.3) is 11.1 Å². The quantitative estimate of drug-likeness (QED) is 0.579. The monoisotopic (exact) mass is 361 g/mol. The smallest absolute Gasteiger partial charge is 0.134 e. The summed E-state index contributed by atoms with van der Waals surface area (Å²) in [7, 11) is 0. The van der Waals surface area contributed by atoms with Crippen LogP contribution in [0.15, 0.2) is 71.7 Å². The van der Waals surface area contributed by atoms with Gasteiger partial charge in [0, 0.05) is 5.71 Å². The molecule has 26 heavy (non-hydrogen) atoms. The van der Waals surface area contributed by atoms with Crippen LogP contribution < -0.4 is 0 Å². The maximum Gasteiger partial charge on any atom is 0.134 e. The minimum atomic E-state index is 0.106. The van der Waals surface area contributed by atoms with Gasteiger partial charge in [-0.05, 0) is 59.7 Å². The van der Waals surface area contributed by atoms with Gasteiger partial charge in [-0.25, -0.2) is 0 Å². The summed E-state index contributed by atoms with van der Waals surface area (Å²) in [5.74, 6) is 0.106. The topological polar surface area (TPSA) is 32.6 Å². The maximum absolute atomic E-state index is 9.57. The van der Waals surface area contributed by atoms with Crippen molar-refractivity contribution >= 4 is 17.3 Å². The van der Waals surface area contributed by atoms with Crippen LogP contribution in [0.4, 0.5) is 0 Å². The van der Waals surface area contributed by atoms with Crippen molar-refractivity contribution in [1.29, 1.82) is 0 Å². The summed E-state index contributed by atoms with van der Waals surface area (Å²) >= 11 is 6.02. The molecule has 3 heteroatoms. The molecule has 3 aromatic carbocycles. The summed E-state index contributed by atoms with van der Waals surface area (Å²) in [6.07, 6.45) is 2.07. The van der Waals surface area contributed by atoms with Gasteiger partial charge < -0.3 is 5.11 Å². The molecule has 0 saturated heterocycles. The second-order valence-corrected chi connectivity index (χ2v) is 7.14. The van der Waals surface area contributed by atoms with Gasteiger partial charge in [0.2, 0.25) is 0 Å². The molecule has 0 amide bonds. The van der Waals surface area contributed by atoms with Crippen LogP contribution in [0.3, 0.4) is 0 Å². The van der Waals surface area contributed by atoms with Gasteiger partial charge in [-0.3, -0.25) is 4.99 Å². The molecular weight excluding hydrogens is 342 g/mol. The average Bonchev–Trinajstić information content (AvgIpc) is 3.14. The number of halogens is 1. The van der Waals surface area contributed by atoms with E-state index < -0.39 is 0 Å². The molecule has 1 N–H and O–H groups in total. The van der Waals surface area contributed by atoms with Crippen LogP contribution in [0.2, 0.25) is 5.02 Å². The second-order valence-electron chi connectivity index (χ2n) is 6.73. The normalized spacial score (nSPS) is 16.5. The molecule has 0 aliphatic carbocycles. The highest BCUT2D eigenvalue weighted by Crippen LogP contribution is 2.34. The first-order valence-corrected chi connectivity index (χ1v) is 9.21. The molecule has 1 aliphatic heterocycles. The number of hydrogen-bond donors (Lipinski definition) is 1. The van der Waals surface area contributed by atoms with Gasteiger partial charge in [0.15, 0.2) is 0 Å². The second kappa shape index (κ2) is 6.97. The summed E-state index contributed by atoms with van der Waals surface area (Å²) in [6, 6.07) is 22.5. The average molecular weight is 362 g/mol. The lowest BCUT2D eigenvalue weighted by Gasteiger charge is -2.09. The van der Waals surface area contributed by atoms with E-state index in [1.54, 1.807) is 12.1 Å². The fraction of sp³-hybridized carbons (Fsp3) is 0.174. The Bertz CT molecular complexity index is 976. The molecule has 1 aliphatic rings. The lowest BCUT2D eigenvalue weighted by atomic mass is 9.98. The number of aliphatic imine (C=N–C) groups is 1. The van der Waals surface area contributed by atoms with Crippen LogP contribution in [0, 0.1) is 6.92 Å². The fourth-order valence-electron chi connectivity index (χ4n) is 3.54. The van der Waals surface area contributed by atoms with Gasteiger partial charge in [-0.1, -0.05) is 66.2 Å². The predicted molar refractivity (Wildman–Crippen MR) is 108 cm³/mol. The molecular formula is C23H20ClNO. The zero-order valence-corrected chi connectivity index (χ0v) is 15.4. The molecule has 2 nitrogen and oxygen atoms in total. The van der Waals surface area contributed by atoms with Crippen LogP contribution in [0.1, 0.15) is 35.6 Å². The zero-order valence-electron chi connectivity index (χ0n) is 14.6. The standard InChI is InChI=1S/C23H20ClNO/c1-15-4-2-3-5-19(15)22-12-11-21(25-22)17-8-6-16(7-9-17)18-10-13-23(26)20(24)14-18/h2-10,13-14,22,26H,11-12H2,1H3. The third kappa shape index (κ3) is 3.25. The number of phenolic OH excluding ortho intramolecular Hbond substituents is 1. The van der Waals surface area contributed by atoms with E-state index in [2.05, 4.69) is 55.5 Å². The van der Waals surface area contributed by atoms with Crippen molar-refractivity contribution in [3.63, 3.8) is 0 Å². The molecule has 1 unspecified atom stereocenters. The molecule has 4 rings (SSSR count). The van der Waals surface area contributed by atoms with Crippen LogP contribution in [-0.2, 0) is 0 Å². The van der Waals surface area contributed by atoms with E-state index in [1.165, 1.54) is 22.4 Å².